The van der Waals surface area contributed by atoms with Crippen molar-refractivity contribution in [1.29, 1.82) is 0 Å². The molecular weight excluding hydrogens is 450 g/mol. The SMILES string of the molecule is COC(=O)c1cc(Nc2ncc(F)c(NCc3ccccc3)n2)ccc1B1OC(C)(C)C(C)(C)O1. The largest absolute Gasteiger partial charge is 0.495 e. The van der Waals surface area contributed by atoms with Crippen LogP contribution in [0.5, 0.6) is 0 Å². The summed E-state index contributed by atoms with van der Waals surface area (Å²) in [6.07, 6.45) is 1.09. The quantitative estimate of drug-likeness (QED) is 0.388. The van der Waals surface area contributed by atoms with E-state index in [1.165, 1.54) is 7.11 Å². The van der Waals surface area contributed by atoms with Crippen molar-refractivity contribution < 1.29 is 23.2 Å². The van der Waals surface area contributed by atoms with Gasteiger partial charge in [-0.3, -0.25) is 0 Å². The van der Waals surface area contributed by atoms with Gasteiger partial charge in [0.05, 0.1) is 30.1 Å². The third kappa shape index (κ3) is 5.28. The summed E-state index contributed by atoms with van der Waals surface area (Å²) < 4.78 is 31.5. The third-order valence-corrected chi connectivity index (χ3v) is 6.27. The zero-order valence-electron chi connectivity index (χ0n) is 20.4. The van der Waals surface area contributed by atoms with Crippen molar-refractivity contribution in [2.45, 2.75) is 45.4 Å². The Morgan fingerprint density at radius 1 is 1.09 bits per heavy atom. The van der Waals surface area contributed by atoms with Crippen molar-refractivity contribution in [2.75, 3.05) is 17.7 Å². The molecule has 0 atom stereocenters. The lowest BCUT2D eigenvalue weighted by molar-refractivity contribution is 0.00578. The molecule has 2 N–H and O–H groups in total. The summed E-state index contributed by atoms with van der Waals surface area (Å²) in [5.41, 5.74) is 1.21. The number of aromatic nitrogens is 2. The second-order valence-electron chi connectivity index (χ2n) is 9.24. The van der Waals surface area contributed by atoms with Gasteiger partial charge in [0, 0.05) is 12.2 Å². The fourth-order valence-corrected chi connectivity index (χ4v) is 3.56. The van der Waals surface area contributed by atoms with E-state index in [1.807, 2.05) is 58.0 Å². The fourth-order valence-electron chi connectivity index (χ4n) is 3.56. The Bertz CT molecular complexity index is 1210. The number of nitrogens with one attached hydrogen (secondary N) is 2. The van der Waals surface area contributed by atoms with Gasteiger partial charge in [0.1, 0.15) is 0 Å². The van der Waals surface area contributed by atoms with Gasteiger partial charge in [-0.05, 0) is 50.9 Å². The number of carbonyl (C=O) groups excluding carboxylic acids is 1. The van der Waals surface area contributed by atoms with Crippen molar-refractivity contribution >= 4 is 36.0 Å². The summed E-state index contributed by atoms with van der Waals surface area (Å²) in [5, 5.41) is 6.00. The number of rotatable bonds is 7. The number of nitrogens with zero attached hydrogens (tertiary/aromatic N) is 2. The molecule has 1 aliphatic heterocycles. The normalized spacial score (nSPS) is 16.1. The van der Waals surface area contributed by atoms with Gasteiger partial charge in [0.25, 0.3) is 0 Å². The Kier molecular flexibility index (Phi) is 6.78. The van der Waals surface area contributed by atoms with Crippen LogP contribution in [0.4, 0.5) is 21.8 Å². The number of esters is 1. The number of carbonyl (C=O) groups is 1. The number of hydrogen-bond acceptors (Lipinski definition) is 8. The molecule has 1 aliphatic rings. The predicted octanol–water partition coefficient (Wildman–Crippen LogP) is 4.06. The number of hydrogen-bond donors (Lipinski definition) is 2. The van der Waals surface area contributed by atoms with Crippen LogP contribution in [-0.4, -0.2) is 41.4 Å². The van der Waals surface area contributed by atoms with E-state index in [-0.39, 0.29) is 17.3 Å². The van der Waals surface area contributed by atoms with E-state index in [9.17, 15) is 9.18 Å². The molecule has 2 aromatic carbocycles. The molecule has 35 heavy (non-hydrogen) atoms. The molecule has 182 valence electrons. The van der Waals surface area contributed by atoms with E-state index >= 15 is 0 Å². The standard InChI is InChI=1S/C25H28BFN4O4/c1-24(2)25(3,4)35-26(34-24)19-12-11-17(13-18(19)22(32)33-5)30-23-29-15-20(27)21(31-23)28-14-16-9-7-6-8-10-16/h6-13,15H,14H2,1-5H3,(H2,28,29,30,31). The molecule has 10 heteroatoms. The van der Waals surface area contributed by atoms with Crippen LogP contribution in [0.25, 0.3) is 0 Å². The summed E-state index contributed by atoms with van der Waals surface area (Å²) >= 11 is 0. The van der Waals surface area contributed by atoms with E-state index in [0.717, 1.165) is 11.8 Å². The highest BCUT2D eigenvalue weighted by Crippen LogP contribution is 2.37. The Morgan fingerprint density at radius 3 is 2.43 bits per heavy atom. The number of halogens is 1. The van der Waals surface area contributed by atoms with Crippen LogP contribution in [0.15, 0.2) is 54.7 Å². The van der Waals surface area contributed by atoms with Crippen LogP contribution in [0, 0.1) is 5.82 Å². The fraction of sp³-hybridized carbons (Fsp3) is 0.320. The lowest BCUT2D eigenvalue weighted by Gasteiger charge is -2.32. The van der Waals surface area contributed by atoms with E-state index < -0.39 is 30.1 Å². The first-order valence-electron chi connectivity index (χ1n) is 11.2. The Morgan fingerprint density at radius 2 is 1.77 bits per heavy atom. The van der Waals surface area contributed by atoms with Crippen LogP contribution in [0.2, 0.25) is 0 Å². The van der Waals surface area contributed by atoms with Gasteiger partial charge in [-0.15, -0.1) is 0 Å². The van der Waals surface area contributed by atoms with Crippen molar-refractivity contribution in [3.8, 4) is 0 Å². The number of methoxy groups -OCH3 is 1. The summed E-state index contributed by atoms with van der Waals surface area (Å²) in [6.45, 7) is 8.17. The maximum absolute atomic E-state index is 14.3. The van der Waals surface area contributed by atoms with E-state index in [4.69, 9.17) is 14.0 Å². The predicted molar refractivity (Wildman–Crippen MR) is 133 cm³/mol. The minimum absolute atomic E-state index is 0.0633. The highest BCUT2D eigenvalue weighted by atomic mass is 19.1. The molecule has 8 nitrogen and oxygen atoms in total. The molecule has 2 heterocycles. The van der Waals surface area contributed by atoms with Crippen molar-refractivity contribution in [1.82, 2.24) is 9.97 Å². The topological polar surface area (TPSA) is 94.6 Å². The number of benzene rings is 2. The van der Waals surface area contributed by atoms with E-state index in [0.29, 0.717) is 17.7 Å². The van der Waals surface area contributed by atoms with Crippen LogP contribution in [0.3, 0.4) is 0 Å². The Labute approximate surface area is 204 Å². The van der Waals surface area contributed by atoms with Crippen molar-refractivity contribution in [2.24, 2.45) is 0 Å². The summed E-state index contributed by atoms with van der Waals surface area (Å²) in [6, 6.07) is 14.7. The molecule has 1 aromatic heterocycles. The van der Waals surface area contributed by atoms with E-state index in [2.05, 4.69) is 20.6 Å². The summed E-state index contributed by atoms with van der Waals surface area (Å²) in [7, 11) is 0.573. The number of ether oxygens (including phenoxy) is 1. The molecule has 4 rings (SSSR count). The van der Waals surface area contributed by atoms with Crippen molar-refractivity contribution in [3.63, 3.8) is 0 Å². The molecule has 0 bridgehead atoms. The van der Waals surface area contributed by atoms with E-state index in [1.54, 1.807) is 18.2 Å². The molecule has 1 saturated heterocycles. The Balaban J connectivity index is 1.56. The van der Waals surface area contributed by atoms with Gasteiger partial charge in [0.15, 0.2) is 11.6 Å². The maximum Gasteiger partial charge on any atom is 0.495 e. The van der Waals surface area contributed by atoms with Gasteiger partial charge in [-0.25, -0.2) is 14.2 Å². The monoisotopic (exact) mass is 478 g/mol. The Hall–Kier alpha value is -3.50. The molecule has 1 fully saturated rings. The van der Waals surface area contributed by atoms with Crippen LogP contribution < -0.4 is 16.1 Å². The average molecular weight is 478 g/mol. The van der Waals surface area contributed by atoms with Gasteiger partial charge in [0.2, 0.25) is 5.95 Å². The lowest BCUT2D eigenvalue weighted by Crippen LogP contribution is -2.41. The third-order valence-electron chi connectivity index (χ3n) is 6.27. The molecule has 0 aliphatic carbocycles. The minimum Gasteiger partial charge on any atom is -0.465 e. The van der Waals surface area contributed by atoms with Gasteiger partial charge in [-0.2, -0.15) is 4.98 Å². The average Bonchev–Trinajstić information content (AvgIpc) is 3.06. The second kappa shape index (κ2) is 9.63. The highest BCUT2D eigenvalue weighted by Gasteiger charge is 2.52. The summed E-state index contributed by atoms with van der Waals surface area (Å²) in [4.78, 5) is 20.8. The zero-order chi connectivity index (χ0) is 25.2. The molecule has 3 aromatic rings. The highest BCUT2D eigenvalue weighted by molar-refractivity contribution is 6.63. The van der Waals surface area contributed by atoms with Crippen LogP contribution >= 0.6 is 0 Å². The van der Waals surface area contributed by atoms with Gasteiger partial charge in [-0.1, -0.05) is 36.4 Å². The van der Waals surface area contributed by atoms with Crippen LogP contribution in [0.1, 0.15) is 43.6 Å². The summed E-state index contributed by atoms with van der Waals surface area (Å²) in [5.74, 6) is -0.879. The van der Waals surface area contributed by atoms with Crippen molar-refractivity contribution in [3.05, 3.63) is 71.7 Å². The molecule has 0 radical (unpaired) electrons. The first-order valence-corrected chi connectivity index (χ1v) is 11.2. The second-order valence-corrected chi connectivity index (χ2v) is 9.24. The zero-order valence-corrected chi connectivity index (χ0v) is 20.4. The first-order chi connectivity index (χ1) is 16.6. The van der Waals surface area contributed by atoms with Crippen LogP contribution in [-0.2, 0) is 20.6 Å². The number of anilines is 3. The molecule has 0 amide bonds. The van der Waals surface area contributed by atoms with Gasteiger partial charge >= 0.3 is 13.1 Å². The maximum atomic E-state index is 14.3. The molecule has 0 spiro atoms. The molecular formula is C25H28BFN4O4. The lowest BCUT2D eigenvalue weighted by atomic mass is 9.75. The first kappa shape index (κ1) is 24.6. The molecule has 0 unspecified atom stereocenters. The smallest absolute Gasteiger partial charge is 0.465 e. The molecule has 0 saturated carbocycles. The van der Waals surface area contributed by atoms with Gasteiger partial charge < -0.3 is 24.7 Å². The minimum atomic E-state index is -0.737.